The van der Waals surface area contributed by atoms with Crippen molar-refractivity contribution in [2.45, 2.75) is 31.8 Å². The van der Waals surface area contributed by atoms with E-state index in [1.807, 2.05) is 18.2 Å². The molecule has 240 valence electrons. The van der Waals surface area contributed by atoms with Gasteiger partial charge in [-0.1, -0.05) is 18.2 Å². The number of amides is 1. The minimum absolute atomic E-state index is 0.113. The maximum Gasteiger partial charge on any atom is 0.227 e. The molecular weight excluding hydrogens is 578 g/mol. The van der Waals surface area contributed by atoms with Crippen LogP contribution in [0.4, 0.5) is 23.0 Å². The molecule has 0 atom stereocenters. The molecule has 2 aromatic heterocycles. The van der Waals surface area contributed by atoms with Crippen molar-refractivity contribution in [1.82, 2.24) is 29.7 Å². The number of anilines is 4. The Bertz CT molecular complexity index is 1730. The van der Waals surface area contributed by atoms with Crippen LogP contribution in [0.3, 0.4) is 0 Å². The smallest absolute Gasteiger partial charge is 0.227 e. The lowest BCUT2D eigenvalue weighted by atomic mass is 9.98. The van der Waals surface area contributed by atoms with E-state index in [9.17, 15) is 4.79 Å². The van der Waals surface area contributed by atoms with Crippen molar-refractivity contribution in [1.29, 1.82) is 0 Å². The predicted molar refractivity (Wildman–Crippen MR) is 182 cm³/mol. The van der Waals surface area contributed by atoms with Gasteiger partial charge in [0.2, 0.25) is 11.9 Å². The highest BCUT2D eigenvalue weighted by atomic mass is 16.5. The Morgan fingerprint density at radius 2 is 1.83 bits per heavy atom. The summed E-state index contributed by atoms with van der Waals surface area (Å²) in [6.07, 6.45) is 6.45. The fraction of sp³-hybridized carbons (Fsp3) is 0.457. The summed E-state index contributed by atoms with van der Waals surface area (Å²) in [5, 5.41) is 11.0. The first-order chi connectivity index (χ1) is 22.5. The van der Waals surface area contributed by atoms with Gasteiger partial charge in [-0.25, -0.2) is 9.97 Å². The van der Waals surface area contributed by atoms with Crippen molar-refractivity contribution in [3.05, 3.63) is 54.9 Å². The van der Waals surface area contributed by atoms with Crippen LogP contribution in [0, 0.1) is 5.92 Å². The number of rotatable bonds is 10. The summed E-state index contributed by atoms with van der Waals surface area (Å²) < 4.78 is 8.27. The number of carbonyl (C=O) groups is 1. The number of likely N-dealkylation sites (tertiary alicyclic amines) is 1. The summed E-state index contributed by atoms with van der Waals surface area (Å²) in [5.41, 5.74) is 5.60. The molecule has 1 amide bonds. The fourth-order valence-electron chi connectivity index (χ4n) is 7.23. The number of hydrogen-bond acceptors (Lipinski definition) is 9. The minimum atomic E-state index is -0.113. The van der Waals surface area contributed by atoms with Gasteiger partial charge >= 0.3 is 0 Å². The van der Waals surface area contributed by atoms with E-state index in [-0.39, 0.29) is 5.91 Å². The summed E-state index contributed by atoms with van der Waals surface area (Å²) in [4.78, 5) is 29.4. The van der Waals surface area contributed by atoms with Gasteiger partial charge in [-0.05, 0) is 37.0 Å². The second-order valence-electron chi connectivity index (χ2n) is 13.3. The lowest BCUT2D eigenvalue weighted by Crippen LogP contribution is -2.64. The number of ether oxygens (including phenoxy) is 1. The van der Waals surface area contributed by atoms with Crippen molar-refractivity contribution in [2.75, 3.05) is 81.5 Å². The molecule has 1 saturated carbocycles. The number of para-hydroxylation sites is 1. The first-order valence-electron chi connectivity index (χ1n) is 16.6. The van der Waals surface area contributed by atoms with Crippen LogP contribution in [0.5, 0.6) is 5.75 Å². The van der Waals surface area contributed by atoms with Gasteiger partial charge in [0.05, 0.1) is 29.9 Å². The molecule has 0 unspecified atom stereocenters. The van der Waals surface area contributed by atoms with E-state index in [1.54, 1.807) is 20.2 Å². The van der Waals surface area contributed by atoms with Crippen LogP contribution in [0.25, 0.3) is 22.2 Å². The number of nitrogens with one attached hydrogen (secondary N) is 3. The molecule has 0 spiro atoms. The number of fused-ring (bicyclic) bond motifs is 1. The fourth-order valence-corrected chi connectivity index (χ4v) is 7.23. The Hall–Kier alpha value is -4.19. The zero-order valence-electron chi connectivity index (χ0n) is 26.7. The SMILES string of the molecule is COc1cc(N2CCN(C3CN(CC4CNC4)C3)CC2)c(NC(C)=O)cc1Nc1nccc(-c2cn(C3CC3)c3ccccc23)n1. The van der Waals surface area contributed by atoms with Crippen LogP contribution < -0.4 is 25.6 Å². The molecule has 0 radical (unpaired) electrons. The number of piperazine rings is 1. The average molecular weight is 622 g/mol. The Kier molecular flexibility index (Phi) is 7.75. The van der Waals surface area contributed by atoms with E-state index in [2.05, 4.69) is 70.7 Å². The van der Waals surface area contributed by atoms with Crippen LogP contribution in [-0.2, 0) is 4.79 Å². The van der Waals surface area contributed by atoms with Crippen LogP contribution in [0.15, 0.2) is 54.9 Å². The lowest BCUT2D eigenvalue weighted by molar-refractivity contribution is -0.114. The molecule has 46 heavy (non-hydrogen) atoms. The van der Waals surface area contributed by atoms with E-state index in [1.165, 1.54) is 56.5 Å². The van der Waals surface area contributed by atoms with Crippen LogP contribution >= 0.6 is 0 Å². The Morgan fingerprint density at radius 3 is 2.54 bits per heavy atom. The summed E-state index contributed by atoms with van der Waals surface area (Å²) >= 11 is 0. The van der Waals surface area contributed by atoms with Crippen molar-refractivity contribution < 1.29 is 9.53 Å². The first kappa shape index (κ1) is 29.2. The third kappa shape index (κ3) is 5.78. The highest BCUT2D eigenvalue weighted by Gasteiger charge is 2.35. The third-order valence-electron chi connectivity index (χ3n) is 9.98. The Labute approximate surface area is 269 Å². The zero-order valence-corrected chi connectivity index (χ0v) is 26.7. The lowest BCUT2D eigenvalue weighted by Gasteiger charge is -2.50. The summed E-state index contributed by atoms with van der Waals surface area (Å²) in [7, 11) is 1.67. The van der Waals surface area contributed by atoms with Crippen LogP contribution in [0.2, 0.25) is 0 Å². The summed E-state index contributed by atoms with van der Waals surface area (Å²) in [6.45, 7) is 11.2. The molecule has 4 aliphatic rings. The van der Waals surface area contributed by atoms with Crippen molar-refractivity contribution in [2.24, 2.45) is 5.92 Å². The zero-order chi connectivity index (χ0) is 31.2. The third-order valence-corrected chi connectivity index (χ3v) is 9.98. The van der Waals surface area contributed by atoms with E-state index in [4.69, 9.17) is 9.72 Å². The molecular formula is C35H43N9O2. The average Bonchev–Trinajstić information content (AvgIpc) is 3.79. The number of carbonyl (C=O) groups excluding carboxylic acids is 1. The number of methoxy groups -OCH3 is 1. The van der Waals surface area contributed by atoms with E-state index < -0.39 is 0 Å². The van der Waals surface area contributed by atoms with E-state index in [0.29, 0.717) is 29.5 Å². The van der Waals surface area contributed by atoms with Gasteiger partial charge in [-0.15, -0.1) is 0 Å². The largest absolute Gasteiger partial charge is 0.494 e. The molecule has 0 bridgehead atoms. The maximum absolute atomic E-state index is 12.3. The Morgan fingerprint density at radius 1 is 1.02 bits per heavy atom. The van der Waals surface area contributed by atoms with Gasteiger partial charge in [0.15, 0.2) is 0 Å². The standard InChI is InChI=1S/C35H43N9O2/c1-23(45)38-30-15-31(40-35-37-10-9-29(39-35)28-22-44(25-7-8-25)32-6-4-3-5-27(28)32)34(46-2)16-33(30)43-13-11-42(12-14-43)26-20-41(21-26)19-24-17-36-18-24/h3-6,9-10,15-16,22,24-26,36H,7-8,11-14,17-21H2,1-2H3,(H,38,45)(H,37,39,40). The molecule has 8 rings (SSSR count). The van der Waals surface area contributed by atoms with Crippen molar-refractivity contribution in [3.63, 3.8) is 0 Å². The van der Waals surface area contributed by atoms with Crippen LogP contribution in [0.1, 0.15) is 25.8 Å². The van der Waals surface area contributed by atoms with Gasteiger partial charge in [0.25, 0.3) is 0 Å². The second kappa shape index (κ2) is 12.2. The summed E-state index contributed by atoms with van der Waals surface area (Å²) in [5.74, 6) is 1.86. The van der Waals surface area contributed by atoms with Gasteiger partial charge in [0.1, 0.15) is 5.75 Å². The monoisotopic (exact) mass is 621 g/mol. The molecule has 2 aromatic carbocycles. The highest BCUT2D eigenvalue weighted by molar-refractivity contribution is 5.96. The summed E-state index contributed by atoms with van der Waals surface area (Å²) in [6, 6.07) is 15.7. The molecule has 11 nitrogen and oxygen atoms in total. The van der Waals surface area contributed by atoms with Crippen molar-refractivity contribution in [3.8, 4) is 17.0 Å². The second-order valence-corrected chi connectivity index (χ2v) is 13.3. The highest BCUT2D eigenvalue weighted by Crippen LogP contribution is 2.42. The topological polar surface area (TPSA) is 103 Å². The Balaban J connectivity index is 1.00. The van der Waals surface area contributed by atoms with Crippen LogP contribution in [-0.4, -0.2) is 102 Å². The minimum Gasteiger partial charge on any atom is -0.494 e. The van der Waals surface area contributed by atoms with Crippen molar-refractivity contribution >= 4 is 39.8 Å². The van der Waals surface area contributed by atoms with Gasteiger partial charge in [-0.2, -0.15) is 0 Å². The number of aromatic nitrogens is 3. The predicted octanol–water partition coefficient (Wildman–Crippen LogP) is 4.17. The molecule has 4 aromatic rings. The molecule has 5 heterocycles. The number of hydrogen-bond donors (Lipinski definition) is 3. The molecule has 3 saturated heterocycles. The van der Waals surface area contributed by atoms with E-state index >= 15 is 0 Å². The van der Waals surface area contributed by atoms with E-state index in [0.717, 1.165) is 54.7 Å². The molecule has 3 aliphatic heterocycles. The quantitative estimate of drug-likeness (QED) is 0.241. The van der Waals surface area contributed by atoms with Gasteiger partial charge < -0.3 is 30.2 Å². The molecule has 1 aliphatic carbocycles. The first-order valence-corrected chi connectivity index (χ1v) is 16.6. The maximum atomic E-state index is 12.3. The molecule has 4 fully saturated rings. The number of benzene rings is 2. The number of nitrogens with zero attached hydrogens (tertiary/aromatic N) is 6. The van der Waals surface area contributed by atoms with Gasteiger partial charge in [-0.3, -0.25) is 14.6 Å². The normalized spacial score (nSPS) is 19.6. The molecule has 11 heteroatoms. The van der Waals surface area contributed by atoms with Gasteiger partial charge in [0, 0.05) is 113 Å². The molecule has 3 N–H and O–H groups in total.